The van der Waals surface area contributed by atoms with E-state index in [1.165, 1.54) is 19.4 Å². The number of anilines is 2. The smallest absolute Gasteiger partial charge is 0.310 e. The Morgan fingerprint density at radius 1 is 1.08 bits per heavy atom. The van der Waals surface area contributed by atoms with Crippen molar-refractivity contribution in [1.29, 1.82) is 0 Å². The number of methoxy groups -OCH3 is 2. The summed E-state index contributed by atoms with van der Waals surface area (Å²) < 4.78 is 38.0. The number of halogens is 3. The number of hydrogen-bond donors (Lipinski definition) is 1. The van der Waals surface area contributed by atoms with Gasteiger partial charge in [-0.3, -0.25) is 14.5 Å². The highest BCUT2D eigenvalue weighted by Gasteiger charge is 2.29. The van der Waals surface area contributed by atoms with E-state index in [4.69, 9.17) is 26.1 Å². The van der Waals surface area contributed by atoms with Crippen LogP contribution in [0.4, 0.5) is 20.3 Å². The summed E-state index contributed by atoms with van der Waals surface area (Å²) in [6.45, 7) is 3.83. The van der Waals surface area contributed by atoms with Gasteiger partial charge in [0.2, 0.25) is 5.88 Å². The van der Waals surface area contributed by atoms with E-state index in [0.29, 0.717) is 47.2 Å². The number of carbonyl (C=O) groups excluding carboxylic acids is 2. The van der Waals surface area contributed by atoms with Crippen molar-refractivity contribution >= 4 is 46.4 Å². The fourth-order valence-electron chi connectivity index (χ4n) is 5.92. The van der Waals surface area contributed by atoms with Crippen LogP contribution in [0, 0.1) is 12.8 Å². The first-order valence-corrected chi connectivity index (χ1v) is 15.5. The Hall–Kier alpha value is -5.07. The maximum Gasteiger partial charge on any atom is 0.310 e. The highest BCUT2D eigenvalue weighted by molar-refractivity contribution is 6.36. The zero-order chi connectivity index (χ0) is 33.9. The van der Waals surface area contributed by atoms with Crippen LogP contribution in [0.15, 0.2) is 60.8 Å². The number of fused-ring (bicyclic) bond motifs is 1. The van der Waals surface area contributed by atoms with Gasteiger partial charge >= 0.3 is 5.97 Å². The van der Waals surface area contributed by atoms with Crippen LogP contribution >= 0.6 is 11.6 Å². The molecule has 48 heavy (non-hydrogen) atoms. The van der Waals surface area contributed by atoms with Crippen molar-refractivity contribution in [3.63, 3.8) is 0 Å². The zero-order valence-corrected chi connectivity index (χ0v) is 27.1. The number of likely N-dealkylation sites (tertiary alicyclic amines) is 1. The molecular formula is C35H31ClF2N6O4. The number of nitrogens with one attached hydrogen (secondary N) is 1. The number of alkyl halides is 2. The summed E-state index contributed by atoms with van der Waals surface area (Å²) in [6, 6.07) is 16.4. The lowest BCUT2D eigenvalue weighted by molar-refractivity contribution is -0.144. The zero-order valence-electron chi connectivity index (χ0n) is 26.3. The molecule has 13 heteroatoms. The molecule has 2 aromatic carbocycles. The topological polar surface area (TPSA) is 119 Å². The van der Waals surface area contributed by atoms with E-state index in [9.17, 15) is 18.4 Å². The molecule has 0 amide bonds. The van der Waals surface area contributed by atoms with Gasteiger partial charge < -0.3 is 14.8 Å². The molecule has 1 fully saturated rings. The van der Waals surface area contributed by atoms with E-state index < -0.39 is 12.2 Å². The molecule has 0 spiro atoms. The van der Waals surface area contributed by atoms with Crippen LogP contribution in [0.2, 0.25) is 5.02 Å². The standard InChI is InChI=1S/C35H31ClF2N6O4/c1-19-23(6-5-9-26(19)40-32-30-28(14-20(18-45)15-39-30)41-33(43-32)31(37)38)24-7-4-8-25(29(24)36)27-11-10-21(34(42-27)47-2)16-44-13-12-22(17-44)35(46)48-3/h4-11,14-15,18,22,31H,12-13,16-17H2,1-3H3,(H,40,41,43)/t22-/m1/s1. The molecule has 5 aromatic rings. The third kappa shape index (κ3) is 6.54. The minimum Gasteiger partial charge on any atom is -0.481 e. The molecule has 246 valence electrons. The van der Waals surface area contributed by atoms with Gasteiger partial charge in [0.15, 0.2) is 17.9 Å². The van der Waals surface area contributed by atoms with Crippen LogP contribution in [-0.2, 0) is 16.1 Å². The first kappa shape index (κ1) is 32.9. The molecule has 1 atom stereocenters. The summed E-state index contributed by atoms with van der Waals surface area (Å²) in [7, 11) is 2.98. The molecule has 1 N–H and O–H groups in total. The minimum absolute atomic E-state index is 0.0824. The summed E-state index contributed by atoms with van der Waals surface area (Å²) in [5.74, 6) is -0.473. The van der Waals surface area contributed by atoms with Crippen LogP contribution in [0.3, 0.4) is 0 Å². The summed E-state index contributed by atoms with van der Waals surface area (Å²) in [6.07, 6.45) is -0.274. The van der Waals surface area contributed by atoms with Gasteiger partial charge in [0.05, 0.1) is 36.4 Å². The number of benzene rings is 2. The fourth-order valence-corrected chi connectivity index (χ4v) is 6.25. The third-order valence-electron chi connectivity index (χ3n) is 8.39. The molecule has 10 nitrogen and oxygen atoms in total. The van der Waals surface area contributed by atoms with Crippen molar-refractivity contribution in [2.45, 2.75) is 26.3 Å². The van der Waals surface area contributed by atoms with Gasteiger partial charge in [-0.15, -0.1) is 0 Å². The van der Waals surface area contributed by atoms with E-state index in [1.54, 1.807) is 13.2 Å². The van der Waals surface area contributed by atoms with Gasteiger partial charge in [-0.05, 0) is 49.2 Å². The number of hydrogen-bond acceptors (Lipinski definition) is 10. The second-order valence-electron chi connectivity index (χ2n) is 11.4. The fraction of sp³-hybridized carbons (Fsp3) is 0.257. The Morgan fingerprint density at radius 2 is 1.85 bits per heavy atom. The predicted octanol–water partition coefficient (Wildman–Crippen LogP) is 7.21. The number of rotatable bonds is 10. The summed E-state index contributed by atoms with van der Waals surface area (Å²) in [4.78, 5) is 42.4. The number of pyridine rings is 2. The Labute approximate surface area is 280 Å². The van der Waals surface area contributed by atoms with Gasteiger partial charge in [0.1, 0.15) is 5.52 Å². The number of nitrogens with zero attached hydrogens (tertiary/aromatic N) is 5. The van der Waals surface area contributed by atoms with Crippen LogP contribution < -0.4 is 10.1 Å². The van der Waals surface area contributed by atoms with Crippen molar-refractivity contribution < 1.29 is 27.8 Å². The van der Waals surface area contributed by atoms with Crippen molar-refractivity contribution in [2.24, 2.45) is 5.92 Å². The second-order valence-corrected chi connectivity index (χ2v) is 11.7. The normalized spacial score (nSPS) is 14.8. The number of ether oxygens (including phenoxy) is 2. The quantitative estimate of drug-likeness (QED) is 0.120. The summed E-state index contributed by atoms with van der Waals surface area (Å²) in [5, 5.41) is 3.62. The molecule has 0 unspecified atom stereocenters. The minimum atomic E-state index is -2.93. The maximum atomic E-state index is 13.7. The molecular weight excluding hydrogens is 642 g/mol. The second kappa shape index (κ2) is 14.0. The third-order valence-corrected chi connectivity index (χ3v) is 8.80. The molecule has 1 aliphatic heterocycles. The number of esters is 1. The monoisotopic (exact) mass is 672 g/mol. The first-order valence-electron chi connectivity index (χ1n) is 15.1. The van der Waals surface area contributed by atoms with Crippen molar-refractivity contribution in [1.82, 2.24) is 24.8 Å². The largest absolute Gasteiger partial charge is 0.481 e. The molecule has 0 bridgehead atoms. The highest BCUT2D eigenvalue weighted by atomic mass is 35.5. The van der Waals surface area contributed by atoms with Crippen LogP contribution in [0.5, 0.6) is 5.88 Å². The number of aldehydes is 1. The van der Waals surface area contributed by atoms with Crippen molar-refractivity contribution in [3.05, 3.63) is 88.3 Å². The van der Waals surface area contributed by atoms with E-state index >= 15 is 0 Å². The summed E-state index contributed by atoms with van der Waals surface area (Å²) in [5.41, 5.74) is 5.69. The van der Waals surface area contributed by atoms with Crippen molar-refractivity contribution in [2.75, 3.05) is 32.6 Å². The average Bonchev–Trinajstić information content (AvgIpc) is 3.57. The maximum absolute atomic E-state index is 13.7. The first-order chi connectivity index (χ1) is 23.2. The molecule has 1 aliphatic rings. The summed E-state index contributed by atoms with van der Waals surface area (Å²) >= 11 is 7.06. The predicted molar refractivity (Wildman–Crippen MR) is 178 cm³/mol. The Balaban J connectivity index is 1.31. The van der Waals surface area contributed by atoms with Crippen molar-refractivity contribution in [3.8, 4) is 28.3 Å². The van der Waals surface area contributed by atoms with Crippen LogP contribution in [0.1, 0.15) is 40.2 Å². The van der Waals surface area contributed by atoms with E-state index in [1.807, 2.05) is 49.4 Å². The molecule has 1 saturated heterocycles. The van der Waals surface area contributed by atoms with E-state index in [-0.39, 0.29) is 34.3 Å². The number of carbonyl (C=O) groups is 2. The van der Waals surface area contributed by atoms with Gasteiger partial charge in [-0.25, -0.2) is 28.7 Å². The van der Waals surface area contributed by atoms with Gasteiger partial charge in [0, 0.05) is 47.2 Å². The molecule has 0 saturated carbocycles. The van der Waals surface area contributed by atoms with Gasteiger partial charge in [0.25, 0.3) is 6.43 Å². The molecule has 3 aromatic heterocycles. The molecule has 6 rings (SSSR count). The lowest BCUT2D eigenvalue weighted by Gasteiger charge is -2.18. The van der Waals surface area contributed by atoms with Crippen LogP contribution in [-0.4, -0.2) is 64.4 Å². The molecule has 0 radical (unpaired) electrons. The number of aromatic nitrogens is 4. The molecule has 4 heterocycles. The SMILES string of the molecule is COC(=O)[C@@H]1CCN(Cc2ccc(-c3cccc(-c4cccc(Nc5nc(C(F)F)nc6cc(C=O)cnc56)c4C)c3Cl)nc2OC)C1. The van der Waals surface area contributed by atoms with Gasteiger partial charge in [-0.2, -0.15) is 0 Å². The van der Waals surface area contributed by atoms with Crippen LogP contribution in [0.25, 0.3) is 33.4 Å². The Bertz CT molecular complexity index is 2030. The average molecular weight is 673 g/mol. The van der Waals surface area contributed by atoms with E-state index in [2.05, 4.69) is 25.2 Å². The lowest BCUT2D eigenvalue weighted by Crippen LogP contribution is -2.24. The molecule has 0 aliphatic carbocycles. The lowest BCUT2D eigenvalue weighted by atomic mass is 9.96. The van der Waals surface area contributed by atoms with E-state index in [0.717, 1.165) is 35.2 Å². The van der Waals surface area contributed by atoms with Gasteiger partial charge in [-0.1, -0.05) is 48.0 Å². The Morgan fingerprint density at radius 3 is 2.60 bits per heavy atom. The highest BCUT2D eigenvalue weighted by Crippen LogP contribution is 2.40. The Kier molecular flexibility index (Phi) is 9.56.